The molecule has 0 aliphatic rings. The van der Waals surface area contributed by atoms with E-state index in [1.165, 1.54) is 18.7 Å². The fraction of sp³-hybridized carbons (Fsp3) is 0.786. The summed E-state index contributed by atoms with van der Waals surface area (Å²) >= 11 is 3.63. The summed E-state index contributed by atoms with van der Waals surface area (Å²) in [7, 11) is 0. The summed E-state index contributed by atoms with van der Waals surface area (Å²) in [5, 5.41) is 8.03. The molecule has 1 N–H and O–H groups in total. The molecule has 0 aliphatic carbocycles. The summed E-state index contributed by atoms with van der Waals surface area (Å²) in [5.74, 6) is 0. The lowest BCUT2D eigenvalue weighted by Crippen LogP contribution is -2.32. The van der Waals surface area contributed by atoms with Crippen molar-refractivity contribution < 1.29 is 0 Å². The zero-order valence-corrected chi connectivity index (χ0v) is 14.3. The van der Waals surface area contributed by atoms with Crippen molar-refractivity contribution in [1.29, 1.82) is 0 Å². The number of hydrogen-bond donors (Lipinski definition) is 1. The average molecular weight is 331 g/mol. The van der Waals surface area contributed by atoms with Crippen LogP contribution in [0.2, 0.25) is 0 Å². The Morgan fingerprint density at radius 3 is 2.58 bits per heavy atom. The van der Waals surface area contributed by atoms with Gasteiger partial charge in [-0.25, -0.2) is 0 Å². The molecule has 1 aromatic rings. The van der Waals surface area contributed by atoms with Crippen LogP contribution in [-0.4, -0.2) is 40.9 Å². The fourth-order valence-corrected chi connectivity index (χ4v) is 2.65. The summed E-state index contributed by atoms with van der Waals surface area (Å²) in [6.07, 6.45) is 1.22. The van der Waals surface area contributed by atoms with Crippen molar-refractivity contribution in [3.05, 3.63) is 15.9 Å². The molecule has 0 fully saturated rings. The molecule has 110 valence electrons. The Labute approximate surface area is 125 Å². The molecule has 0 aliphatic heterocycles. The molecular weight excluding hydrogens is 304 g/mol. The van der Waals surface area contributed by atoms with Crippen molar-refractivity contribution >= 4 is 15.9 Å². The molecule has 0 saturated heterocycles. The summed E-state index contributed by atoms with van der Waals surface area (Å²) < 4.78 is 3.21. The molecular formula is C14H27BrN4. The van der Waals surface area contributed by atoms with Crippen LogP contribution in [0.25, 0.3) is 0 Å². The average Bonchev–Trinajstić information content (AvgIpc) is 2.69. The molecule has 0 saturated carbocycles. The molecule has 0 unspecified atom stereocenters. The van der Waals surface area contributed by atoms with E-state index in [4.69, 9.17) is 0 Å². The van der Waals surface area contributed by atoms with Crippen LogP contribution >= 0.6 is 15.9 Å². The zero-order chi connectivity index (χ0) is 14.3. The number of likely N-dealkylation sites (N-methyl/N-ethyl adjacent to an activating group) is 1. The van der Waals surface area contributed by atoms with Crippen LogP contribution in [0, 0.1) is 6.92 Å². The predicted molar refractivity (Wildman–Crippen MR) is 84.4 cm³/mol. The number of nitrogens with zero attached hydrogens (tertiary/aromatic N) is 3. The van der Waals surface area contributed by atoms with Crippen LogP contribution in [0.5, 0.6) is 0 Å². The van der Waals surface area contributed by atoms with Gasteiger partial charge in [0.2, 0.25) is 0 Å². The van der Waals surface area contributed by atoms with Crippen LogP contribution in [-0.2, 0) is 13.1 Å². The van der Waals surface area contributed by atoms with Gasteiger partial charge in [-0.1, -0.05) is 13.8 Å². The first-order valence-corrected chi connectivity index (χ1v) is 8.08. The van der Waals surface area contributed by atoms with E-state index in [0.717, 1.165) is 42.9 Å². The third kappa shape index (κ3) is 4.89. The molecule has 19 heavy (non-hydrogen) atoms. The quantitative estimate of drug-likeness (QED) is 0.707. The summed E-state index contributed by atoms with van der Waals surface area (Å²) in [5.41, 5.74) is 2.32. The van der Waals surface area contributed by atoms with Gasteiger partial charge < -0.3 is 10.2 Å². The smallest absolute Gasteiger partial charge is 0.0739 e. The number of hydrogen-bond acceptors (Lipinski definition) is 3. The number of halogens is 1. The summed E-state index contributed by atoms with van der Waals surface area (Å²) in [4.78, 5) is 2.48. The van der Waals surface area contributed by atoms with Crippen molar-refractivity contribution in [3.8, 4) is 0 Å². The van der Waals surface area contributed by atoms with Gasteiger partial charge in [0.25, 0.3) is 0 Å². The molecule has 1 rings (SSSR count). The Balaban J connectivity index is 2.41. The minimum atomic E-state index is 0.874. The molecule has 0 bridgehead atoms. The van der Waals surface area contributed by atoms with Crippen molar-refractivity contribution in [2.24, 2.45) is 0 Å². The van der Waals surface area contributed by atoms with E-state index in [1.54, 1.807) is 0 Å². The Morgan fingerprint density at radius 2 is 2.00 bits per heavy atom. The molecule has 0 aromatic carbocycles. The van der Waals surface area contributed by atoms with Gasteiger partial charge in [-0.15, -0.1) is 0 Å². The van der Waals surface area contributed by atoms with Crippen LogP contribution < -0.4 is 5.32 Å². The Morgan fingerprint density at radius 1 is 1.26 bits per heavy atom. The molecule has 0 amide bonds. The van der Waals surface area contributed by atoms with E-state index in [9.17, 15) is 0 Å². The molecule has 0 spiro atoms. The van der Waals surface area contributed by atoms with E-state index in [1.807, 2.05) is 6.92 Å². The molecule has 0 atom stereocenters. The van der Waals surface area contributed by atoms with Crippen molar-refractivity contribution in [2.45, 2.75) is 47.2 Å². The van der Waals surface area contributed by atoms with Gasteiger partial charge >= 0.3 is 0 Å². The van der Waals surface area contributed by atoms with Gasteiger partial charge in [0.1, 0.15) is 0 Å². The monoisotopic (exact) mass is 330 g/mol. The highest BCUT2D eigenvalue weighted by Crippen LogP contribution is 2.20. The van der Waals surface area contributed by atoms with E-state index in [-0.39, 0.29) is 0 Å². The topological polar surface area (TPSA) is 33.1 Å². The van der Waals surface area contributed by atoms with Crippen molar-refractivity contribution in [3.63, 3.8) is 0 Å². The predicted octanol–water partition coefficient (Wildman–Crippen LogP) is 2.80. The second-order valence-corrected chi connectivity index (χ2v) is 5.57. The highest BCUT2D eigenvalue weighted by atomic mass is 79.9. The largest absolute Gasteiger partial charge is 0.310 e. The fourth-order valence-electron chi connectivity index (χ4n) is 2.23. The number of rotatable bonds is 9. The van der Waals surface area contributed by atoms with Gasteiger partial charge in [-0.2, -0.15) is 5.10 Å². The maximum Gasteiger partial charge on any atom is 0.0739 e. The third-order valence-electron chi connectivity index (χ3n) is 3.34. The lowest BCUT2D eigenvalue weighted by molar-refractivity contribution is 0.287. The van der Waals surface area contributed by atoms with Crippen LogP contribution in [0.3, 0.4) is 0 Å². The van der Waals surface area contributed by atoms with E-state index in [0.29, 0.717) is 0 Å². The lowest BCUT2D eigenvalue weighted by atomic mass is 10.3. The van der Waals surface area contributed by atoms with Crippen molar-refractivity contribution in [1.82, 2.24) is 20.0 Å². The number of aromatic nitrogens is 2. The van der Waals surface area contributed by atoms with Crippen LogP contribution in [0.15, 0.2) is 4.47 Å². The number of nitrogens with one attached hydrogen (secondary N) is 1. The minimum absolute atomic E-state index is 0.874. The standard InChI is InChI=1S/C14H27BrN4/c1-5-9-18(6-2)10-8-16-11-13-14(15)12(4)17-19(13)7-3/h16H,5-11H2,1-4H3. The highest BCUT2D eigenvalue weighted by molar-refractivity contribution is 9.10. The first kappa shape index (κ1) is 16.7. The number of aryl methyl sites for hydroxylation is 2. The third-order valence-corrected chi connectivity index (χ3v) is 4.37. The summed E-state index contributed by atoms with van der Waals surface area (Å²) in [6.45, 7) is 14.9. The first-order valence-electron chi connectivity index (χ1n) is 7.28. The molecule has 5 heteroatoms. The lowest BCUT2D eigenvalue weighted by Gasteiger charge is -2.19. The van der Waals surface area contributed by atoms with E-state index < -0.39 is 0 Å². The first-order chi connectivity index (χ1) is 9.13. The van der Waals surface area contributed by atoms with Crippen molar-refractivity contribution in [2.75, 3.05) is 26.2 Å². The minimum Gasteiger partial charge on any atom is -0.310 e. The van der Waals surface area contributed by atoms with E-state index >= 15 is 0 Å². The molecule has 4 nitrogen and oxygen atoms in total. The van der Waals surface area contributed by atoms with Gasteiger partial charge in [0.05, 0.1) is 15.9 Å². The maximum absolute atomic E-state index is 4.51. The second kappa shape index (κ2) is 8.72. The van der Waals surface area contributed by atoms with Gasteiger partial charge in [0, 0.05) is 26.2 Å². The zero-order valence-electron chi connectivity index (χ0n) is 12.7. The second-order valence-electron chi connectivity index (χ2n) is 4.77. The molecule has 1 aromatic heterocycles. The van der Waals surface area contributed by atoms with Gasteiger partial charge in [-0.3, -0.25) is 4.68 Å². The van der Waals surface area contributed by atoms with E-state index in [2.05, 4.69) is 56.7 Å². The Kier molecular flexibility index (Phi) is 7.64. The highest BCUT2D eigenvalue weighted by Gasteiger charge is 2.11. The SMILES string of the molecule is CCCN(CC)CCNCc1c(Br)c(C)nn1CC. The molecule has 0 radical (unpaired) electrons. The van der Waals surface area contributed by atoms with Gasteiger partial charge in [-0.05, 0) is 49.3 Å². The summed E-state index contributed by atoms with van der Waals surface area (Å²) in [6, 6.07) is 0. The Hall–Kier alpha value is -0.390. The van der Waals surface area contributed by atoms with Gasteiger partial charge in [0.15, 0.2) is 0 Å². The molecule has 1 heterocycles. The van der Waals surface area contributed by atoms with Crippen LogP contribution in [0.4, 0.5) is 0 Å². The Bertz CT molecular complexity index is 376. The van der Waals surface area contributed by atoms with Crippen LogP contribution in [0.1, 0.15) is 38.6 Å². The normalized spacial score (nSPS) is 11.5. The maximum atomic E-state index is 4.51.